The Morgan fingerprint density at radius 3 is 2.51 bits per heavy atom. The lowest BCUT2D eigenvalue weighted by atomic mass is 9.94. The molecule has 3 aromatic heterocycles. The molecule has 0 aliphatic heterocycles. The van der Waals surface area contributed by atoms with Crippen LogP contribution < -0.4 is 4.90 Å². The van der Waals surface area contributed by atoms with Crippen molar-refractivity contribution in [1.82, 2.24) is 14.0 Å². The molecule has 0 radical (unpaired) electrons. The summed E-state index contributed by atoms with van der Waals surface area (Å²) in [5.41, 5.74) is 8.18. The number of aryl methyl sites for hydroxylation is 1. The molecule has 7 aromatic rings. The molecule has 6 nitrogen and oxygen atoms in total. The van der Waals surface area contributed by atoms with Gasteiger partial charge in [0.25, 0.3) is 0 Å². The molecule has 43 heavy (non-hydrogen) atoms. The fraction of sp³-hybridized carbons (Fsp3) is 0.135. The molecule has 0 spiro atoms. The molecule has 1 N–H and O–H groups in total. The Labute approximate surface area is 250 Å². The normalized spacial score (nSPS) is 11.5. The van der Waals surface area contributed by atoms with Crippen molar-refractivity contribution in [2.75, 3.05) is 18.5 Å². The molecule has 0 bridgehead atoms. The van der Waals surface area contributed by atoms with Crippen molar-refractivity contribution in [3.05, 3.63) is 138 Å². The van der Waals surface area contributed by atoms with Crippen LogP contribution in [0, 0.1) is 6.92 Å². The summed E-state index contributed by atoms with van der Waals surface area (Å²) < 4.78 is 4.44. The summed E-state index contributed by atoms with van der Waals surface area (Å²) in [7, 11) is 2.13. The number of carboxylic acid groups (broad SMARTS) is 1. The maximum atomic E-state index is 12.7. The topological polar surface area (TPSA) is 62.8 Å². The van der Waals surface area contributed by atoms with Crippen LogP contribution in [-0.4, -0.2) is 38.6 Å². The van der Waals surface area contributed by atoms with Gasteiger partial charge in [-0.25, -0.2) is 9.78 Å². The lowest BCUT2D eigenvalue weighted by Crippen LogP contribution is -2.22. The van der Waals surface area contributed by atoms with Gasteiger partial charge in [-0.2, -0.15) is 0 Å². The van der Waals surface area contributed by atoms with E-state index in [9.17, 15) is 9.90 Å². The molecule has 0 fully saturated rings. The minimum absolute atomic E-state index is 0.283. The Balaban J connectivity index is 1.35. The smallest absolute Gasteiger partial charge is 0.337 e. The van der Waals surface area contributed by atoms with E-state index in [1.54, 1.807) is 0 Å². The van der Waals surface area contributed by atoms with Crippen molar-refractivity contribution in [1.29, 1.82) is 0 Å². The molecule has 0 aliphatic rings. The zero-order valence-corrected chi connectivity index (χ0v) is 24.2. The number of fused-ring (bicyclic) bond motifs is 3. The van der Waals surface area contributed by atoms with Gasteiger partial charge in [0.1, 0.15) is 5.65 Å². The number of pyridine rings is 1. The lowest BCUT2D eigenvalue weighted by Gasteiger charge is -2.19. The van der Waals surface area contributed by atoms with Crippen LogP contribution in [0.4, 0.5) is 5.69 Å². The number of likely N-dealkylation sites (N-methyl/N-ethyl adjacent to an activating group) is 1. The minimum atomic E-state index is -0.954. The number of nitrogens with zero attached hydrogens (tertiary/aromatic N) is 4. The maximum Gasteiger partial charge on any atom is 0.337 e. The number of carbonyl (C=O) groups is 1. The van der Waals surface area contributed by atoms with Crippen LogP contribution in [-0.2, 0) is 13.0 Å². The van der Waals surface area contributed by atoms with Crippen molar-refractivity contribution in [2.45, 2.75) is 19.9 Å². The number of para-hydroxylation sites is 1. The second kappa shape index (κ2) is 10.8. The first kappa shape index (κ1) is 26.5. The van der Waals surface area contributed by atoms with Gasteiger partial charge in [0.2, 0.25) is 0 Å². The van der Waals surface area contributed by atoms with E-state index < -0.39 is 5.97 Å². The minimum Gasteiger partial charge on any atom is -0.478 e. The number of anilines is 1. The molecule has 0 amide bonds. The highest BCUT2D eigenvalue weighted by Gasteiger charge is 2.23. The standard InChI is InChI=1S/C37H32N4O2/c1-25-11-10-16-31-34(25)27(24-40(31)22-21-39(2)28-13-4-3-5-14-28)23-32-36(38-33-17-8-9-20-41(32)33)30-19-18-26-12-6-7-15-29(26)35(30)37(42)43/h3-20,24H,21-23H2,1-2H3,(H,42,43). The van der Waals surface area contributed by atoms with E-state index in [1.807, 2.05) is 66.9 Å². The van der Waals surface area contributed by atoms with Crippen LogP contribution in [0.25, 0.3) is 38.6 Å². The summed E-state index contributed by atoms with van der Waals surface area (Å²) in [5.74, 6) is -0.954. The van der Waals surface area contributed by atoms with Crippen molar-refractivity contribution >= 4 is 39.0 Å². The number of carboxylic acids is 1. The summed E-state index contributed by atoms with van der Waals surface area (Å²) in [6, 6.07) is 34.4. The van der Waals surface area contributed by atoms with E-state index in [-0.39, 0.29) is 5.56 Å². The molecule has 6 heteroatoms. The van der Waals surface area contributed by atoms with E-state index in [1.165, 1.54) is 27.7 Å². The molecule has 0 atom stereocenters. The van der Waals surface area contributed by atoms with Gasteiger partial charge in [0.05, 0.1) is 17.0 Å². The van der Waals surface area contributed by atoms with E-state index in [2.05, 4.69) is 76.5 Å². The molecule has 0 unspecified atom stereocenters. The van der Waals surface area contributed by atoms with E-state index in [0.29, 0.717) is 23.1 Å². The highest BCUT2D eigenvalue weighted by Crippen LogP contribution is 2.35. The van der Waals surface area contributed by atoms with E-state index in [0.717, 1.165) is 29.8 Å². The molecular formula is C37H32N4O2. The molecule has 0 aliphatic carbocycles. The number of aromatic nitrogens is 3. The molecule has 3 heterocycles. The first-order valence-electron chi connectivity index (χ1n) is 14.5. The van der Waals surface area contributed by atoms with Crippen LogP contribution in [0.1, 0.15) is 27.2 Å². The highest BCUT2D eigenvalue weighted by atomic mass is 16.4. The fourth-order valence-electron chi connectivity index (χ4n) is 6.33. The summed E-state index contributed by atoms with van der Waals surface area (Å²) in [4.78, 5) is 20.0. The SMILES string of the molecule is Cc1cccc2c1c(Cc1c(-c3ccc4ccccc4c3C(=O)O)nc3ccccn13)cn2CCN(C)c1ccccc1. The number of aromatic carboxylic acids is 1. The van der Waals surface area contributed by atoms with Gasteiger partial charge in [-0.1, -0.05) is 72.8 Å². The van der Waals surface area contributed by atoms with Crippen LogP contribution in [0.15, 0.2) is 116 Å². The number of benzene rings is 4. The third kappa shape index (κ3) is 4.71. The van der Waals surface area contributed by atoms with Crippen LogP contribution in [0.2, 0.25) is 0 Å². The van der Waals surface area contributed by atoms with Crippen LogP contribution >= 0.6 is 0 Å². The zero-order valence-electron chi connectivity index (χ0n) is 24.2. The Morgan fingerprint density at radius 1 is 0.884 bits per heavy atom. The monoisotopic (exact) mass is 564 g/mol. The van der Waals surface area contributed by atoms with Crippen molar-refractivity contribution in [3.63, 3.8) is 0 Å². The zero-order chi connectivity index (χ0) is 29.5. The van der Waals surface area contributed by atoms with Crippen LogP contribution in [0.3, 0.4) is 0 Å². The Hall–Kier alpha value is -5.36. The third-order valence-electron chi connectivity index (χ3n) is 8.45. The fourth-order valence-corrected chi connectivity index (χ4v) is 6.33. The molecule has 212 valence electrons. The number of hydrogen-bond donors (Lipinski definition) is 1. The van der Waals surface area contributed by atoms with E-state index >= 15 is 0 Å². The Bertz CT molecular complexity index is 2120. The Kier molecular flexibility index (Phi) is 6.67. The predicted octanol–water partition coefficient (Wildman–Crippen LogP) is 7.84. The first-order chi connectivity index (χ1) is 21.0. The van der Waals surface area contributed by atoms with Gasteiger partial charge < -0.3 is 19.0 Å². The van der Waals surface area contributed by atoms with Crippen molar-refractivity contribution in [2.24, 2.45) is 0 Å². The second-order valence-electron chi connectivity index (χ2n) is 11.1. The molecule has 0 saturated heterocycles. The first-order valence-corrected chi connectivity index (χ1v) is 14.5. The molecule has 4 aromatic carbocycles. The largest absolute Gasteiger partial charge is 0.478 e. The average Bonchev–Trinajstić information content (AvgIpc) is 3.58. The van der Waals surface area contributed by atoms with Gasteiger partial charge >= 0.3 is 5.97 Å². The van der Waals surface area contributed by atoms with Crippen molar-refractivity contribution < 1.29 is 9.90 Å². The molecule has 0 saturated carbocycles. The Morgan fingerprint density at radius 2 is 1.67 bits per heavy atom. The van der Waals surface area contributed by atoms with Crippen LogP contribution in [0.5, 0.6) is 0 Å². The number of imidazole rings is 1. The molecular weight excluding hydrogens is 532 g/mol. The number of hydrogen-bond acceptors (Lipinski definition) is 3. The van der Waals surface area contributed by atoms with E-state index in [4.69, 9.17) is 4.98 Å². The number of rotatable bonds is 8. The summed E-state index contributed by atoms with van der Waals surface area (Å²) >= 11 is 0. The van der Waals surface area contributed by atoms with Gasteiger partial charge in [-0.15, -0.1) is 0 Å². The summed E-state index contributed by atoms with van der Waals surface area (Å²) in [5, 5.41) is 13.3. The molecule has 7 rings (SSSR count). The van der Waals surface area contributed by atoms with Crippen molar-refractivity contribution in [3.8, 4) is 11.3 Å². The average molecular weight is 565 g/mol. The van der Waals surface area contributed by atoms with Gasteiger partial charge in [0.15, 0.2) is 0 Å². The predicted molar refractivity (Wildman–Crippen MR) is 174 cm³/mol. The third-order valence-corrected chi connectivity index (χ3v) is 8.45. The van der Waals surface area contributed by atoms with Gasteiger partial charge in [-0.3, -0.25) is 0 Å². The quantitative estimate of drug-likeness (QED) is 0.204. The highest BCUT2D eigenvalue weighted by molar-refractivity contribution is 6.09. The lowest BCUT2D eigenvalue weighted by molar-refractivity contribution is 0.0700. The van der Waals surface area contributed by atoms with Gasteiger partial charge in [0, 0.05) is 61.1 Å². The summed E-state index contributed by atoms with van der Waals surface area (Å²) in [6.07, 6.45) is 4.89. The van der Waals surface area contributed by atoms with Gasteiger partial charge in [-0.05, 0) is 59.2 Å². The summed E-state index contributed by atoms with van der Waals surface area (Å²) in [6.45, 7) is 3.85. The second-order valence-corrected chi connectivity index (χ2v) is 11.1. The maximum absolute atomic E-state index is 12.7.